The maximum absolute atomic E-state index is 12.3. The van der Waals surface area contributed by atoms with Crippen molar-refractivity contribution in [3.8, 4) is 0 Å². The number of anilines is 1. The van der Waals surface area contributed by atoms with E-state index in [1.807, 2.05) is 0 Å². The zero-order valence-corrected chi connectivity index (χ0v) is 15.4. The maximum atomic E-state index is 12.3. The number of rotatable bonds is 7. The van der Waals surface area contributed by atoms with Crippen molar-refractivity contribution in [1.29, 1.82) is 0 Å². The molecule has 0 aliphatic heterocycles. The Balaban J connectivity index is 3.02. The first-order valence-corrected chi connectivity index (χ1v) is 9.33. The second-order valence-electron chi connectivity index (χ2n) is 5.87. The summed E-state index contributed by atoms with van der Waals surface area (Å²) in [6, 6.07) is 6.04. The Kier molecular flexibility index (Phi) is 6.77. The third kappa shape index (κ3) is 5.23. The number of hydrogen-bond donors (Lipinski definition) is 1. The second-order valence-corrected chi connectivity index (χ2v) is 7.78. The van der Waals surface area contributed by atoms with E-state index in [1.165, 1.54) is 7.11 Å². The predicted molar refractivity (Wildman–Crippen MR) is 92.2 cm³/mol. The van der Waals surface area contributed by atoms with Crippen LogP contribution in [0.15, 0.2) is 24.3 Å². The van der Waals surface area contributed by atoms with Crippen LogP contribution in [0.1, 0.15) is 19.4 Å². The van der Waals surface area contributed by atoms with E-state index in [4.69, 9.17) is 0 Å². The lowest BCUT2D eigenvalue weighted by molar-refractivity contribution is -0.146. The number of para-hydroxylation sites is 1. The lowest BCUT2D eigenvalue weighted by Crippen LogP contribution is -2.49. The highest BCUT2D eigenvalue weighted by atomic mass is 32.2. The third-order valence-corrected chi connectivity index (χ3v) is 4.64. The zero-order valence-electron chi connectivity index (χ0n) is 14.6. The van der Waals surface area contributed by atoms with Crippen molar-refractivity contribution in [3.05, 3.63) is 29.8 Å². The lowest BCUT2D eigenvalue weighted by Gasteiger charge is -2.25. The molecule has 0 saturated heterocycles. The van der Waals surface area contributed by atoms with Crippen LogP contribution >= 0.6 is 0 Å². The van der Waals surface area contributed by atoms with Crippen LogP contribution in [-0.2, 0) is 24.3 Å². The van der Waals surface area contributed by atoms with E-state index >= 15 is 0 Å². The molecule has 7 nitrogen and oxygen atoms in total. The average molecular weight is 356 g/mol. The monoisotopic (exact) mass is 356 g/mol. The van der Waals surface area contributed by atoms with Crippen LogP contribution in [0.4, 0.5) is 5.69 Å². The van der Waals surface area contributed by atoms with Gasteiger partial charge in [0.1, 0.15) is 12.6 Å². The van der Waals surface area contributed by atoms with Crippen molar-refractivity contribution in [3.63, 3.8) is 0 Å². The van der Waals surface area contributed by atoms with Crippen molar-refractivity contribution in [1.82, 2.24) is 5.32 Å². The molecule has 0 spiro atoms. The molecule has 1 amide bonds. The highest BCUT2D eigenvalue weighted by Gasteiger charge is 2.28. The smallest absolute Gasteiger partial charge is 0.328 e. The highest BCUT2D eigenvalue weighted by molar-refractivity contribution is 7.92. The number of methoxy groups -OCH3 is 1. The fourth-order valence-electron chi connectivity index (χ4n) is 2.20. The molecular weight excluding hydrogens is 332 g/mol. The first-order chi connectivity index (χ1) is 11.1. The molecule has 0 saturated carbocycles. The van der Waals surface area contributed by atoms with Crippen molar-refractivity contribution in [2.24, 2.45) is 5.92 Å². The molecule has 0 aliphatic carbocycles. The van der Waals surface area contributed by atoms with Gasteiger partial charge in [0.05, 0.1) is 19.1 Å². The summed E-state index contributed by atoms with van der Waals surface area (Å²) in [5.74, 6) is -1.33. The Morgan fingerprint density at radius 1 is 1.25 bits per heavy atom. The first-order valence-electron chi connectivity index (χ1n) is 7.48. The molecule has 1 atom stereocenters. The highest BCUT2D eigenvalue weighted by Crippen LogP contribution is 2.21. The van der Waals surface area contributed by atoms with E-state index in [-0.39, 0.29) is 5.92 Å². The van der Waals surface area contributed by atoms with Gasteiger partial charge in [-0.2, -0.15) is 0 Å². The summed E-state index contributed by atoms with van der Waals surface area (Å²) in [6.45, 7) is 4.87. The van der Waals surface area contributed by atoms with E-state index in [1.54, 1.807) is 45.0 Å². The number of benzene rings is 1. The SMILES string of the molecule is COC(=O)[C@@H](NC(=O)CN(c1ccccc1C)S(C)(=O)=O)C(C)C. The van der Waals surface area contributed by atoms with Gasteiger partial charge < -0.3 is 10.1 Å². The summed E-state index contributed by atoms with van der Waals surface area (Å²) < 4.78 is 29.9. The number of hydrogen-bond acceptors (Lipinski definition) is 5. The van der Waals surface area contributed by atoms with Crippen molar-refractivity contribution < 1.29 is 22.7 Å². The van der Waals surface area contributed by atoms with Gasteiger partial charge in [-0.3, -0.25) is 9.10 Å². The Morgan fingerprint density at radius 3 is 2.29 bits per heavy atom. The van der Waals surface area contributed by atoms with Gasteiger partial charge in [0, 0.05) is 0 Å². The van der Waals surface area contributed by atoms with E-state index < -0.39 is 34.5 Å². The molecule has 8 heteroatoms. The molecule has 0 fully saturated rings. The van der Waals surface area contributed by atoms with Gasteiger partial charge in [-0.1, -0.05) is 32.0 Å². The molecule has 0 radical (unpaired) electrons. The fraction of sp³-hybridized carbons (Fsp3) is 0.500. The molecule has 0 aliphatic rings. The number of nitrogens with one attached hydrogen (secondary N) is 1. The minimum Gasteiger partial charge on any atom is -0.467 e. The zero-order chi connectivity index (χ0) is 18.5. The molecule has 0 aromatic heterocycles. The number of esters is 1. The molecule has 1 rings (SSSR count). The van der Waals surface area contributed by atoms with Gasteiger partial charge in [-0.05, 0) is 24.5 Å². The van der Waals surface area contributed by atoms with Crippen molar-refractivity contribution in [2.45, 2.75) is 26.8 Å². The first kappa shape index (κ1) is 20.0. The summed E-state index contributed by atoms with van der Waals surface area (Å²) in [5, 5.41) is 2.54. The largest absolute Gasteiger partial charge is 0.467 e. The molecule has 0 heterocycles. The number of amides is 1. The average Bonchev–Trinajstić information content (AvgIpc) is 2.49. The van der Waals surface area contributed by atoms with Crippen LogP contribution in [0.2, 0.25) is 0 Å². The third-order valence-electron chi connectivity index (χ3n) is 3.51. The van der Waals surface area contributed by atoms with E-state index in [9.17, 15) is 18.0 Å². The van der Waals surface area contributed by atoms with Crippen LogP contribution in [-0.4, -0.2) is 46.2 Å². The summed E-state index contributed by atoms with van der Waals surface area (Å²) in [6.07, 6.45) is 1.03. The molecule has 0 bridgehead atoms. The van der Waals surface area contributed by atoms with Crippen molar-refractivity contribution >= 4 is 27.6 Å². The van der Waals surface area contributed by atoms with Crippen LogP contribution < -0.4 is 9.62 Å². The standard InChI is InChI=1S/C16H24N2O5S/c1-11(2)15(16(20)23-4)17-14(19)10-18(24(5,21)22)13-9-7-6-8-12(13)3/h6-9,11,15H,10H2,1-5H3,(H,17,19)/t15-/m0/s1. The van der Waals surface area contributed by atoms with Gasteiger partial charge in [0.2, 0.25) is 15.9 Å². The molecule has 1 aromatic rings. The van der Waals surface area contributed by atoms with Gasteiger partial charge in [0.15, 0.2) is 0 Å². The van der Waals surface area contributed by atoms with Gasteiger partial charge >= 0.3 is 5.97 Å². The molecule has 0 unspecified atom stereocenters. The van der Waals surface area contributed by atoms with Crippen molar-refractivity contribution in [2.75, 3.05) is 24.2 Å². The second kappa shape index (κ2) is 8.14. The number of sulfonamides is 1. The minimum atomic E-state index is -3.66. The molecule has 1 aromatic carbocycles. The molecule has 24 heavy (non-hydrogen) atoms. The lowest BCUT2D eigenvalue weighted by atomic mass is 10.0. The number of carbonyl (C=O) groups excluding carboxylic acids is 2. The Morgan fingerprint density at radius 2 is 1.83 bits per heavy atom. The quantitative estimate of drug-likeness (QED) is 0.738. The summed E-state index contributed by atoms with van der Waals surface area (Å²) in [5.41, 5.74) is 1.15. The normalized spacial score (nSPS) is 12.6. The molecular formula is C16H24N2O5S. The number of aryl methyl sites for hydroxylation is 1. The topological polar surface area (TPSA) is 92.8 Å². The number of ether oxygens (including phenoxy) is 1. The molecule has 1 N–H and O–H groups in total. The fourth-order valence-corrected chi connectivity index (χ4v) is 3.11. The van der Waals surface area contributed by atoms with E-state index in [2.05, 4.69) is 10.1 Å². The van der Waals surface area contributed by atoms with Crippen LogP contribution in [0, 0.1) is 12.8 Å². The minimum absolute atomic E-state index is 0.188. The Labute approximate surface area is 143 Å². The van der Waals surface area contributed by atoms with Gasteiger partial charge in [-0.25, -0.2) is 13.2 Å². The summed E-state index contributed by atoms with van der Waals surface area (Å²) in [4.78, 5) is 24.0. The van der Waals surface area contributed by atoms with Gasteiger partial charge in [-0.15, -0.1) is 0 Å². The molecule has 134 valence electrons. The van der Waals surface area contributed by atoms with E-state index in [0.29, 0.717) is 5.69 Å². The predicted octanol–water partition coefficient (Wildman–Crippen LogP) is 1.07. The van der Waals surface area contributed by atoms with E-state index in [0.717, 1.165) is 16.1 Å². The van der Waals surface area contributed by atoms with Crippen LogP contribution in [0.5, 0.6) is 0 Å². The number of carbonyl (C=O) groups is 2. The maximum Gasteiger partial charge on any atom is 0.328 e. The Bertz CT molecular complexity index is 700. The summed E-state index contributed by atoms with van der Waals surface area (Å²) >= 11 is 0. The van der Waals surface area contributed by atoms with Gasteiger partial charge in [0.25, 0.3) is 0 Å². The van der Waals surface area contributed by atoms with Crippen LogP contribution in [0.25, 0.3) is 0 Å². The number of nitrogens with zero attached hydrogens (tertiary/aromatic N) is 1. The van der Waals surface area contributed by atoms with Crippen LogP contribution in [0.3, 0.4) is 0 Å². The Hall–Kier alpha value is -2.09. The summed E-state index contributed by atoms with van der Waals surface area (Å²) in [7, 11) is -2.42.